The van der Waals surface area contributed by atoms with Gasteiger partial charge in [0.25, 0.3) is 10.1 Å². The number of aliphatic hydroxyl groups excluding tert-OH is 3. The van der Waals surface area contributed by atoms with Gasteiger partial charge in [-0.05, 0) is 83.5 Å². The molecule has 0 radical (unpaired) electrons. The van der Waals surface area contributed by atoms with E-state index in [4.69, 9.17) is 18.9 Å². The molecule has 0 aromatic heterocycles. The monoisotopic (exact) mass is 865 g/mol. The summed E-state index contributed by atoms with van der Waals surface area (Å²) >= 11 is 0. The second-order valence-corrected chi connectivity index (χ2v) is 16.5. The van der Waals surface area contributed by atoms with Crippen molar-refractivity contribution >= 4 is 22.1 Å². The van der Waals surface area contributed by atoms with Gasteiger partial charge in [0.05, 0.1) is 6.61 Å². The summed E-state index contributed by atoms with van der Waals surface area (Å²) < 4.78 is 54.0. The van der Waals surface area contributed by atoms with Gasteiger partial charge in [-0.1, -0.05) is 131 Å². The Morgan fingerprint density at radius 1 is 0.583 bits per heavy atom. The highest BCUT2D eigenvalue weighted by atomic mass is 32.2. The van der Waals surface area contributed by atoms with Crippen LogP contribution < -0.4 is 0 Å². The first-order chi connectivity index (χ1) is 29.0. The number of allylic oxidation sites excluding steroid dienone is 14. The first-order valence-corrected chi connectivity index (χ1v) is 23.8. The standard InChI is InChI=1S/C47H76O12S/c1-3-5-7-9-11-13-15-17-19-20-22-24-26-28-30-32-34-36-43(49)58-40(38-57-47-46(52)45(51)44(50)41(59-47)39-60(53,54)55)37-56-42(48)35-33-31-29-27-25-23-21-18-16-14-12-10-8-6-4-2/h5,7,11-14,17-19,21-22,24,28,30,40-41,44-47,50-52H,3-4,6,8-10,15-16,20,23,25-27,29,31-39H2,1-2H3,(H,53,54,55)/b7-5+,13-11+,14-12+,19-17+,21-18+,24-22+,30-28+/t40-,41-,44-,45?,46?,47+/m1/s1. The lowest BCUT2D eigenvalue weighted by molar-refractivity contribution is -0.297. The van der Waals surface area contributed by atoms with Crippen molar-refractivity contribution in [2.24, 2.45) is 0 Å². The van der Waals surface area contributed by atoms with Crippen molar-refractivity contribution in [2.75, 3.05) is 19.0 Å². The van der Waals surface area contributed by atoms with E-state index in [1.165, 1.54) is 19.3 Å². The normalized spacial score (nSPS) is 20.9. The van der Waals surface area contributed by atoms with Gasteiger partial charge in [-0.2, -0.15) is 8.42 Å². The Bertz CT molecular complexity index is 1430. The summed E-state index contributed by atoms with van der Waals surface area (Å²) in [5.41, 5.74) is 0. The summed E-state index contributed by atoms with van der Waals surface area (Å²) in [5.74, 6) is -2.09. The highest BCUT2D eigenvalue weighted by Gasteiger charge is 2.46. The van der Waals surface area contributed by atoms with Gasteiger partial charge < -0.3 is 34.3 Å². The molecule has 1 heterocycles. The van der Waals surface area contributed by atoms with E-state index in [0.29, 0.717) is 19.3 Å². The molecular formula is C47H76O12S. The molecule has 1 rings (SSSR count). The van der Waals surface area contributed by atoms with Crippen molar-refractivity contribution in [3.05, 3.63) is 85.1 Å². The third-order valence-corrected chi connectivity index (χ3v) is 10.2. The molecule has 0 aliphatic carbocycles. The largest absolute Gasteiger partial charge is 0.462 e. The smallest absolute Gasteiger partial charge is 0.306 e. The van der Waals surface area contributed by atoms with Crippen molar-refractivity contribution in [1.29, 1.82) is 0 Å². The van der Waals surface area contributed by atoms with Crippen molar-refractivity contribution in [2.45, 2.75) is 179 Å². The number of hydrogen-bond donors (Lipinski definition) is 4. The van der Waals surface area contributed by atoms with E-state index in [9.17, 15) is 37.9 Å². The maximum atomic E-state index is 12.8. The third kappa shape index (κ3) is 30.8. The van der Waals surface area contributed by atoms with Gasteiger partial charge in [-0.3, -0.25) is 14.1 Å². The van der Waals surface area contributed by atoms with Gasteiger partial charge in [-0.15, -0.1) is 0 Å². The van der Waals surface area contributed by atoms with E-state index in [-0.39, 0.29) is 19.4 Å². The zero-order valence-electron chi connectivity index (χ0n) is 36.3. The van der Waals surface area contributed by atoms with Crippen LogP contribution in [0.25, 0.3) is 0 Å². The molecule has 1 aliphatic rings. The molecule has 1 aliphatic heterocycles. The van der Waals surface area contributed by atoms with Crippen LogP contribution in [-0.4, -0.2) is 96.0 Å². The molecule has 0 bridgehead atoms. The van der Waals surface area contributed by atoms with Gasteiger partial charge in [0, 0.05) is 12.8 Å². The zero-order valence-corrected chi connectivity index (χ0v) is 37.1. The van der Waals surface area contributed by atoms with E-state index in [1.54, 1.807) is 0 Å². The molecule has 1 fully saturated rings. The summed E-state index contributed by atoms with van der Waals surface area (Å²) in [6.45, 7) is 3.54. The van der Waals surface area contributed by atoms with E-state index < -0.39 is 71.2 Å². The molecule has 1 saturated heterocycles. The molecule has 2 unspecified atom stereocenters. The summed E-state index contributed by atoms with van der Waals surface area (Å²) in [4.78, 5) is 25.4. The van der Waals surface area contributed by atoms with E-state index in [1.807, 2.05) is 12.2 Å². The van der Waals surface area contributed by atoms with Crippen LogP contribution in [0.15, 0.2) is 85.1 Å². The predicted molar refractivity (Wildman–Crippen MR) is 238 cm³/mol. The first-order valence-electron chi connectivity index (χ1n) is 22.1. The molecule has 0 aromatic rings. The minimum atomic E-state index is -4.62. The summed E-state index contributed by atoms with van der Waals surface area (Å²) in [6.07, 6.45) is 37.7. The van der Waals surface area contributed by atoms with E-state index in [0.717, 1.165) is 77.0 Å². The van der Waals surface area contributed by atoms with Crippen LogP contribution in [-0.2, 0) is 38.7 Å². The number of carbonyl (C=O) groups excluding carboxylic acids is 2. The lowest BCUT2D eigenvalue weighted by Gasteiger charge is -2.40. The first kappa shape index (κ1) is 54.8. The average Bonchev–Trinajstić information content (AvgIpc) is 3.21. The maximum Gasteiger partial charge on any atom is 0.306 e. The number of hydrogen-bond acceptors (Lipinski definition) is 11. The minimum Gasteiger partial charge on any atom is -0.462 e. The Hall–Kier alpha value is -3.17. The Morgan fingerprint density at radius 2 is 1.07 bits per heavy atom. The zero-order chi connectivity index (χ0) is 44.1. The molecule has 4 N–H and O–H groups in total. The van der Waals surface area contributed by atoms with Crippen LogP contribution in [0.1, 0.15) is 142 Å². The van der Waals surface area contributed by atoms with Crippen molar-refractivity contribution in [1.82, 2.24) is 0 Å². The van der Waals surface area contributed by atoms with Crippen molar-refractivity contribution in [3.8, 4) is 0 Å². The number of ether oxygens (including phenoxy) is 4. The summed E-state index contributed by atoms with van der Waals surface area (Å²) in [7, 11) is -4.62. The highest BCUT2D eigenvalue weighted by Crippen LogP contribution is 2.24. The highest BCUT2D eigenvalue weighted by molar-refractivity contribution is 7.85. The van der Waals surface area contributed by atoms with Crippen LogP contribution in [0.4, 0.5) is 0 Å². The summed E-state index contributed by atoms with van der Waals surface area (Å²) in [6, 6.07) is 0. The molecule has 60 heavy (non-hydrogen) atoms. The van der Waals surface area contributed by atoms with Gasteiger partial charge in [0.2, 0.25) is 0 Å². The van der Waals surface area contributed by atoms with Crippen LogP contribution in [0, 0.1) is 0 Å². The van der Waals surface area contributed by atoms with Crippen LogP contribution in [0.5, 0.6) is 0 Å². The molecule has 12 nitrogen and oxygen atoms in total. The fourth-order valence-electron chi connectivity index (χ4n) is 6.03. The molecule has 6 atom stereocenters. The van der Waals surface area contributed by atoms with E-state index >= 15 is 0 Å². The summed E-state index contributed by atoms with van der Waals surface area (Å²) in [5, 5.41) is 30.9. The second-order valence-electron chi connectivity index (χ2n) is 15.0. The SMILES string of the molecule is CC/C=C/C/C=C/C/C=C/C/C=C/C/C=C/CCCC(=O)O[C@H](COC(=O)CCCCCCC/C=C/C/C=C/CCCCC)CO[C@H]1O[C@H](CS(=O)(=O)O)[C@@H](O)C(O)C1O. The molecule has 0 saturated carbocycles. The Morgan fingerprint density at radius 3 is 1.62 bits per heavy atom. The van der Waals surface area contributed by atoms with Crippen molar-refractivity contribution in [3.63, 3.8) is 0 Å². The van der Waals surface area contributed by atoms with E-state index in [2.05, 4.69) is 86.8 Å². The predicted octanol–water partition coefficient (Wildman–Crippen LogP) is 8.89. The van der Waals surface area contributed by atoms with Gasteiger partial charge >= 0.3 is 11.9 Å². The number of carbonyl (C=O) groups is 2. The van der Waals surface area contributed by atoms with Gasteiger partial charge in [0.15, 0.2) is 12.4 Å². The fraction of sp³-hybridized carbons (Fsp3) is 0.660. The van der Waals surface area contributed by atoms with Crippen LogP contribution in [0.3, 0.4) is 0 Å². The lowest BCUT2D eigenvalue weighted by atomic mass is 10.00. The Balaban J connectivity index is 2.53. The number of aliphatic hydroxyl groups is 3. The third-order valence-electron chi connectivity index (χ3n) is 9.46. The molecule has 13 heteroatoms. The number of rotatable bonds is 35. The van der Waals surface area contributed by atoms with Crippen molar-refractivity contribution < 1.29 is 56.8 Å². The number of unbranched alkanes of at least 4 members (excludes halogenated alkanes) is 9. The average molecular weight is 865 g/mol. The van der Waals surface area contributed by atoms with Gasteiger partial charge in [0.1, 0.15) is 36.8 Å². The van der Waals surface area contributed by atoms with Gasteiger partial charge in [-0.25, -0.2) is 0 Å². The molecule has 0 spiro atoms. The topological polar surface area (TPSA) is 186 Å². The minimum absolute atomic E-state index is 0.0780. The fourth-order valence-corrected chi connectivity index (χ4v) is 6.73. The molecule has 0 aromatic carbocycles. The molecule has 342 valence electrons. The van der Waals surface area contributed by atoms with Crippen LogP contribution in [0.2, 0.25) is 0 Å². The molecule has 0 amide bonds. The Kier molecular flexibility index (Phi) is 33.3. The van der Waals surface area contributed by atoms with Crippen LogP contribution >= 0.6 is 0 Å². The number of esters is 2. The molecular weight excluding hydrogens is 789 g/mol. The second kappa shape index (κ2) is 36.5. The maximum absolute atomic E-state index is 12.8. The lowest BCUT2D eigenvalue weighted by Crippen LogP contribution is -2.60. The quantitative estimate of drug-likeness (QED) is 0.0206. The Labute approximate surface area is 360 Å².